The van der Waals surface area contributed by atoms with Gasteiger partial charge in [0.2, 0.25) is 0 Å². The van der Waals surface area contributed by atoms with Gasteiger partial charge in [-0.05, 0) is 54.4 Å². The highest BCUT2D eigenvalue weighted by molar-refractivity contribution is 7.90. The highest BCUT2D eigenvalue weighted by atomic mass is 32.2. The maximum atomic E-state index is 12.0. The van der Waals surface area contributed by atoms with Crippen molar-refractivity contribution >= 4 is 21.9 Å². The van der Waals surface area contributed by atoms with Crippen LogP contribution in [-0.4, -0.2) is 63.3 Å². The highest BCUT2D eigenvalue weighted by Crippen LogP contribution is 2.45. The first-order chi connectivity index (χ1) is 12.2. The lowest BCUT2D eigenvalue weighted by Gasteiger charge is -2.27. The minimum Gasteiger partial charge on any atom is -0.444 e. The van der Waals surface area contributed by atoms with Crippen molar-refractivity contribution in [2.75, 3.05) is 31.6 Å². The minimum absolute atomic E-state index is 0.186. The summed E-state index contributed by atoms with van der Waals surface area (Å²) in [5.74, 6) is 0.800. The molecule has 1 aliphatic rings. The normalized spacial score (nSPS) is 17.2. The van der Waals surface area contributed by atoms with E-state index in [1.807, 2.05) is 41.5 Å². The maximum Gasteiger partial charge on any atom is 0.408 e. The summed E-state index contributed by atoms with van der Waals surface area (Å²) in [6, 6.07) is 0. The summed E-state index contributed by atoms with van der Waals surface area (Å²) in [4.78, 5) is 16.5. The lowest BCUT2D eigenvalue weighted by atomic mass is 10.1. The van der Waals surface area contributed by atoms with E-state index in [4.69, 9.17) is 4.74 Å². The van der Waals surface area contributed by atoms with Crippen molar-refractivity contribution in [2.45, 2.75) is 65.5 Å². The number of guanidine groups is 1. The van der Waals surface area contributed by atoms with E-state index in [9.17, 15) is 13.2 Å². The fraction of sp³-hybridized carbons (Fsp3) is 0.889. The number of carbonyl (C=O) groups is 1. The van der Waals surface area contributed by atoms with Crippen molar-refractivity contribution in [2.24, 2.45) is 10.4 Å². The number of hydrogen-bond acceptors (Lipinski definition) is 5. The molecule has 0 saturated heterocycles. The summed E-state index contributed by atoms with van der Waals surface area (Å²) in [6.45, 7) is 12.7. The second-order valence-electron chi connectivity index (χ2n) is 9.13. The number of nitrogens with zero attached hydrogens (tertiary/aromatic N) is 1. The van der Waals surface area contributed by atoms with Crippen LogP contribution in [0.2, 0.25) is 0 Å². The molecule has 8 nitrogen and oxygen atoms in total. The molecule has 0 unspecified atom stereocenters. The van der Waals surface area contributed by atoms with Gasteiger partial charge in [-0.3, -0.25) is 4.99 Å². The molecule has 1 amide bonds. The van der Waals surface area contributed by atoms with E-state index in [1.165, 1.54) is 6.26 Å². The van der Waals surface area contributed by atoms with E-state index >= 15 is 0 Å². The van der Waals surface area contributed by atoms with Crippen LogP contribution in [0.1, 0.15) is 54.4 Å². The predicted octanol–water partition coefficient (Wildman–Crippen LogP) is 1.67. The smallest absolute Gasteiger partial charge is 0.408 e. The second-order valence-corrected chi connectivity index (χ2v) is 11.3. The van der Waals surface area contributed by atoms with E-state index in [0.717, 1.165) is 12.8 Å². The molecule has 158 valence electrons. The molecule has 0 aromatic rings. The Morgan fingerprint density at radius 2 is 1.74 bits per heavy atom. The number of sulfone groups is 1. The van der Waals surface area contributed by atoms with Gasteiger partial charge >= 0.3 is 6.09 Å². The summed E-state index contributed by atoms with van der Waals surface area (Å²) < 4.78 is 28.5. The number of rotatable bonds is 8. The molecule has 1 fully saturated rings. The third-order valence-corrected chi connectivity index (χ3v) is 5.11. The Morgan fingerprint density at radius 3 is 2.19 bits per heavy atom. The molecule has 0 aromatic carbocycles. The zero-order valence-corrected chi connectivity index (χ0v) is 18.5. The molecule has 1 aliphatic carbocycles. The first kappa shape index (κ1) is 23.5. The largest absolute Gasteiger partial charge is 0.444 e. The molecule has 3 N–H and O–H groups in total. The number of aliphatic imine (C=N–C) groups is 1. The summed E-state index contributed by atoms with van der Waals surface area (Å²) in [5, 5.41) is 9.22. The van der Waals surface area contributed by atoms with Gasteiger partial charge < -0.3 is 20.7 Å². The molecular weight excluding hydrogens is 368 g/mol. The number of carbonyl (C=O) groups excluding carboxylic acids is 1. The lowest BCUT2D eigenvalue weighted by molar-refractivity contribution is 0.0476. The molecule has 0 heterocycles. The third-order valence-electron chi connectivity index (χ3n) is 3.97. The fourth-order valence-electron chi connectivity index (χ4n) is 2.61. The monoisotopic (exact) mass is 404 g/mol. The Bertz CT molecular complexity index is 647. The second kappa shape index (κ2) is 8.67. The summed E-state index contributed by atoms with van der Waals surface area (Å²) >= 11 is 0. The summed E-state index contributed by atoms with van der Waals surface area (Å²) in [7, 11) is -3.01. The Hall–Kier alpha value is -1.51. The lowest BCUT2D eigenvalue weighted by Crippen LogP contribution is -2.49. The molecule has 0 bridgehead atoms. The molecule has 0 atom stereocenters. The van der Waals surface area contributed by atoms with Crippen molar-refractivity contribution < 1.29 is 17.9 Å². The van der Waals surface area contributed by atoms with Crippen molar-refractivity contribution in [3.05, 3.63) is 0 Å². The quantitative estimate of drug-likeness (QED) is 0.419. The molecule has 0 radical (unpaired) electrons. The maximum absolute atomic E-state index is 12.0. The number of amides is 1. The predicted molar refractivity (Wildman–Crippen MR) is 109 cm³/mol. The van der Waals surface area contributed by atoms with Crippen LogP contribution in [0.25, 0.3) is 0 Å². The van der Waals surface area contributed by atoms with Gasteiger partial charge in [0, 0.05) is 24.8 Å². The molecular formula is C18H36N4O4S. The van der Waals surface area contributed by atoms with E-state index in [1.54, 1.807) is 0 Å². The van der Waals surface area contributed by atoms with Crippen LogP contribution in [0.3, 0.4) is 0 Å². The van der Waals surface area contributed by atoms with Crippen LogP contribution >= 0.6 is 0 Å². The molecule has 0 spiro atoms. The SMILES string of the molecule is CCNC(=NCC(C)(C)NC(=O)OC(C)(C)C)NCC1(CS(C)(=O)=O)CC1. The van der Waals surface area contributed by atoms with Crippen LogP contribution in [-0.2, 0) is 14.6 Å². The van der Waals surface area contributed by atoms with Gasteiger partial charge in [-0.15, -0.1) is 0 Å². The fourth-order valence-corrected chi connectivity index (χ4v) is 4.12. The number of alkyl carbamates (subject to hydrolysis) is 1. The Kier molecular flexibility index (Phi) is 7.55. The van der Waals surface area contributed by atoms with Crippen LogP contribution in [0, 0.1) is 5.41 Å². The Balaban J connectivity index is 2.63. The van der Waals surface area contributed by atoms with E-state index < -0.39 is 27.1 Å². The average molecular weight is 405 g/mol. The van der Waals surface area contributed by atoms with E-state index in [0.29, 0.717) is 25.6 Å². The number of ether oxygens (including phenoxy) is 1. The van der Waals surface area contributed by atoms with Gasteiger partial charge in [-0.1, -0.05) is 0 Å². The first-order valence-corrected chi connectivity index (χ1v) is 11.4. The van der Waals surface area contributed by atoms with Crippen molar-refractivity contribution in [1.82, 2.24) is 16.0 Å². The molecule has 0 aromatic heterocycles. The Morgan fingerprint density at radius 1 is 1.15 bits per heavy atom. The molecule has 0 aliphatic heterocycles. The third kappa shape index (κ3) is 10.4. The zero-order chi connectivity index (χ0) is 20.9. The standard InChI is InChI=1S/C18H36N4O4S/c1-8-19-14(21-12-18(9-10-18)13-27(7,24)25)20-11-17(5,6)22-15(23)26-16(2,3)4/h8-13H2,1-7H3,(H,22,23)(H2,19,20,21). The molecule has 27 heavy (non-hydrogen) atoms. The topological polar surface area (TPSA) is 109 Å². The highest BCUT2D eigenvalue weighted by Gasteiger charge is 2.45. The van der Waals surface area contributed by atoms with E-state index in [2.05, 4.69) is 20.9 Å². The molecule has 1 saturated carbocycles. The van der Waals surface area contributed by atoms with E-state index in [-0.39, 0.29) is 11.2 Å². The van der Waals surface area contributed by atoms with Gasteiger partial charge in [0.1, 0.15) is 15.4 Å². The minimum atomic E-state index is -3.01. The van der Waals surface area contributed by atoms with Gasteiger partial charge in [-0.2, -0.15) is 0 Å². The van der Waals surface area contributed by atoms with Crippen molar-refractivity contribution in [3.63, 3.8) is 0 Å². The van der Waals surface area contributed by atoms with Gasteiger partial charge in [-0.25, -0.2) is 13.2 Å². The Labute approximate surface area is 163 Å². The molecule has 9 heteroatoms. The molecule has 1 rings (SSSR count). The summed E-state index contributed by atoms with van der Waals surface area (Å²) in [6.07, 6.45) is 2.60. The van der Waals surface area contributed by atoms with Crippen LogP contribution in [0.5, 0.6) is 0 Å². The summed E-state index contributed by atoms with van der Waals surface area (Å²) in [5.41, 5.74) is -1.33. The zero-order valence-electron chi connectivity index (χ0n) is 17.7. The van der Waals surface area contributed by atoms with Crippen LogP contribution in [0.4, 0.5) is 4.79 Å². The van der Waals surface area contributed by atoms with Gasteiger partial charge in [0.15, 0.2) is 5.96 Å². The van der Waals surface area contributed by atoms with Crippen molar-refractivity contribution in [3.8, 4) is 0 Å². The van der Waals surface area contributed by atoms with Gasteiger partial charge in [0.25, 0.3) is 0 Å². The first-order valence-electron chi connectivity index (χ1n) is 9.36. The van der Waals surface area contributed by atoms with Gasteiger partial charge in [0.05, 0.1) is 17.8 Å². The van der Waals surface area contributed by atoms with Crippen molar-refractivity contribution in [1.29, 1.82) is 0 Å². The number of nitrogens with one attached hydrogen (secondary N) is 3. The van der Waals surface area contributed by atoms with Crippen LogP contribution in [0.15, 0.2) is 4.99 Å². The average Bonchev–Trinajstić information content (AvgIpc) is 3.16. The van der Waals surface area contributed by atoms with Crippen LogP contribution < -0.4 is 16.0 Å². The number of hydrogen-bond donors (Lipinski definition) is 3.